The molecule has 0 radical (unpaired) electrons. The topological polar surface area (TPSA) is 56.8 Å². The van der Waals surface area contributed by atoms with E-state index in [9.17, 15) is 4.79 Å². The van der Waals surface area contributed by atoms with Crippen molar-refractivity contribution in [2.45, 2.75) is 13.8 Å². The van der Waals surface area contributed by atoms with Gasteiger partial charge in [0.15, 0.2) is 0 Å². The van der Waals surface area contributed by atoms with Crippen molar-refractivity contribution >= 4 is 11.6 Å². The molecule has 0 saturated carbocycles. The van der Waals surface area contributed by atoms with Gasteiger partial charge in [0.1, 0.15) is 24.7 Å². The molecule has 0 saturated heterocycles. The Morgan fingerprint density at radius 3 is 2.50 bits per heavy atom. The zero-order chi connectivity index (χ0) is 18.8. The van der Waals surface area contributed by atoms with Crippen LogP contribution in [0.4, 0.5) is 5.69 Å². The lowest BCUT2D eigenvalue weighted by molar-refractivity contribution is 0.102. The van der Waals surface area contributed by atoms with Gasteiger partial charge in [0, 0.05) is 17.9 Å². The Morgan fingerprint density at radius 1 is 1.04 bits per heavy atom. The Hall–Kier alpha value is -2.79. The second-order valence-corrected chi connectivity index (χ2v) is 5.80. The van der Waals surface area contributed by atoms with E-state index in [-0.39, 0.29) is 5.91 Å². The van der Waals surface area contributed by atoms with Crippen molar-refractivity contribution in [2.75, 3.05) is 31.7 Å². The highest BCUT2D eigenvalue weighted by Gasteiger charge is 2.08. The standard InChI is InChI=1S/C21H25NO4/c1-4-24-12-13-25-20-7-5-6-17(14-20)21(23)22-18-8-10-19(11-9-18)26-15-16(2)3/h5-11,14H,2,4,12-13,15H2,1,3H3,(H,22,23). The lowest BCUT2D eigenvalue weighted by Crippen LogP contribution is -2.12. The molecule has 138 valence electrons. The Balaban J connectivity index is 1.91. The van der Waals surface area contributed by atoms with Crippen LogP contribution in [0.2, 0.25) is 0 Å². The summed E-state index contributed by atoms with van der Waals surface area (Å²) in [6, 6.07) is 14.3. The Morgan fingerprint density at radius 2 is 1.81 bits per heavy atom. The van der Waals surface area contributed by atoms with Gasteiger partial charge in [-0.1, -0.05) is 12.6 Å². The lowest BCUT2D eigenvalue weighted by atomic mass is 10.2. The minimum atomic E-state index is -0.198. The van der Waals surface area contributed by atoms with Crippen LogP contribution in [0.25, 0.3) is 0 Å². The number of benzene rings is 2. The average Bonchev–Trinajstić information content (AvgIpc) is 2.65. The van der Waals surface area contributed by atoms with Gasteiger partial charge in [0.2, 0.25) is 0 Å². The zero-order valence-electron chi connectivity index (χ0n) is 15.3. The first kappa shape index (κ1) is 19.5. The minimum Gasteiger partial charge on any atom is -0.491 e. The summed E-state index contributed by atoms with van der Waals surface area (Å²) in [6.45, 7) is 9.74. The third-order valence-electron chi connectivity index (χ3n) is 3.39. The molecule has 0 aliphatic carbocycles. The van der Waals surface area contributed by atoms with Crippen LogP contribution in [-0.4, -0.2) is 32.3 Å². The molecule has 5 nitrogen and oxygen atoms in total. The third kappa shape index (κ3) is 6.61. The van der Waals surface area contributed by atoms with Crippen LogP contribution in [-0.2, 0) is 4.74 Å². The number of anilines is 1. The summed E-state index contributed by atoms with van der Waals surface area (Å²) in [5.74, 6) is 1.17. The predicted octanol–water partition coefficient (Wildman–Crippen LogP) is 4.31. The molecule has 0 aliphatic heterocycles. The summed E-state index contributed by atoms with van der Waals surface area (Å²) in [4.78, 5) is 12.4. The van der Waals surface area contributed by atoms with E-state index in [0.29, 0.717) is 43.4 Å². The highest BCUT2D eigenvalue weighted by molar-refractivity contribution is 6.04. The van der Waals surface area contributed by atoms with E-state index in [1.54, 1.807) is 30.3 Å². The summed E-state index contributed by atoms with van der Waals surface area (Å²) in [7, 11) is 0. The fourth-order valence-corrected chi connectivity index (χ4v) is 2.13. The molecule has 0 heterocycles. The van der Waals surface area contributed by atoms with Crippen LogP contribution in [0.1, 0.15) is 24.2 Å². The molecule has 0 unspecified atom stereocenters. The lowest BCUT2D eigenvalue weighted by Gasteiger charge is -2.10. The summed E-state index contributed by atoms with van der Waals surface area (Å²) in [5, 5.41) is 2.86. The number of hydrogen-bond acceptors (Lipinski definition) is 4. The molecule has 2 rings (SSSR count). The van der Waals surface area contributed by atoms with Gasteiger partial charge >= 0.3 is 0 Å². The molecule has 26 heavy (non-hydrogen) atoms. The Kier molecular flexibility index (Phi) is 7.71. The number of carbonyl (C=O) groups excluding carboxylic acids is 1. The smallest absolute Gasteiger partial charge is 0.255 e. The number of nitrogens with one attached hydrogen (secondary N) is 1. The molecule has 1 N–H and O–H groups in total. The van der Waals surface area contributed by atoms with Gasteiger partial charge < -0.3 is 19.5 Å². The van der Waals surface area contributed by atoms with Gasteiger partial charge in [-0.2, -0.15) is 0 Å². The van der Waals surface area contributed by atoms with Gasteiger partial charge in [-0.25, -0.2) is 0 Å². The quantitative estimate of drug-likeness (QED) is 0.510. The van der Waals surface area contributed by atoms with Crippen molar-refractivity contribution in [2.24, 2.45) is 0 Å². The molecule has 0 aliphatic rings. The molecule has 5 heteroatoms. The van der Waals surface area contributed by atoms with Gasteiger partial charge in [0.05, 0.1) is 6.61 Å². The van der Waals surface area contributed by atoms with Crippen LogP contribution < -0.4 is 14.8 Å². The third-order valence-corrected chi connectivity index (χ3v) is 3.39. The zero-order valence-corrected chi connectivity index (χ0v) is 15.3. The van der Waals surface area contributed by atoms with Crippen molar-refractivity contribution in [3.8, 4) is 11.5 Å². The summed E-state index contributed by atoms with van der Waals surface area (Å²) >= 11 is 0. The Labute approximate surface area is 154 Å². The largest absolute Gasteiger partial charge is 0.491 e. The van der Waals surface area contributed by atoms with Gasteiger partial charge in [-0.15, -0.1) is 0 Å². The normalized spacial score (nSPS) is 10.2. The fraction of sp³-hybridized carbons (Fsp3) is 0.286. The SMILES string of the molecule is C=C(C)COc1ccc(NC(=O)c2cccc(OCCOCC)c2)cc1. The highest BCUT2D eigenvalue weighted by atomic mass is 16.5. The van der Waals surface area contributed by atoms with Gasteiger partial charge in [-0.3, -0.25) is 4.79 Å². The molecule has 0 atom stereocenters. The van der Waals surface area contributed by atoms with E-state index in [1.807, 2.05) is 32.0 Å². The van der Waals surface area contributed by atoms with Gasteiger partial charge in [0.25, 0.3) is 5.91 Å². The molecule has 2 aromatic carbocycles. The van der Waals surface area contributed by atoms with Crippen LogP contribution in [0.3, 0.4) is 0 Å². The molecule has 0 spiro atoms. The molecule has 1 amide bonds. The first-order valence-corrected chi connectivity index (χ1v) is 8.57. The molecule has 0 bridgehead atoms. The van der Waals surface area contributed by atoms with E-state index < -0.39 is 0 Å². The molecular weight excluding hydrogens is 330 g/mol. The number of carbonyl (C=O) groups is 1. The highest BCUT2D eigenvalue weighted by Crippen LogP contribution is 2.18. The van der Waals surface area contributed by atoms with Crippen LogP contribution in [0.5, 0.6) is 11.5 Å². The maximum Gasteiger partial charge on any atom is 0.255 e. The van der Waals surface area contributed by atoms with Crippen LogP contribution >= 0.6 is 0 Å². The molecular formula is C21H25NO4. The molecule has 0 fully saturated rings. The first-order valence-electron chi connectivity index (χ1n) is 8.57. The summed E-state index contributed by atoms with van der Waals surface area (Å²) in [5.41, 5.74) is 2.17. The van der Waals surface area contributed by atoms with Crippen molar-refractivity contribution in [1.29, 1.82) is 0 Å². The van der Waals surface area contributed by atoms with Crippen molar-refractivity contribution in [1.82, 2.24) is 0 Å². The summed E-state index contributed by atoms with van der Waals surface area (Å²) in [6.07, 6.45) is 0. The van der Waals surface area contributed by atoms with E-state index in [1.165, 1.54) is 0 Å². The molecule has 0 aromatic heterocycles. The molecule has 2 aromatic rings. The number of hydrogen-bond donors (Lipinski definition) is 1. The number of rotatable bonds is 10. The van der Waals surface area contributed by atoms with Crippen molar-refractivity contribution in [3.63, 3.8) is 0 Å². The monoisotopic (exact) mass is 355 g/mol. The van der Waals surface area contributed by atoms with Crippen molar-refractivity contribution < 1.29 is 19.0 Å². The number of amides is 1. The fourth-order valence-electron chi connectivity index (χ4n) is 2.13. The van der Waals surface area contributed by atoms with E-state index >= 15 is 0 Å². The predicted molar refractivity (Wildman–Crippen MR) is 103 cm³/mol. The van der Waals surface area contributed by atoms with E-state index in [4.69, 9.17) is 14.2 Å². The second kappa shape index (κ2) is 10.3. The Bertz CT molecular complexity index is 725. The van der Waals surface area contributed by atoms with E-state index in [2.05, 4.69) is 11.9 Å². The first-order chi connectivity index (χ1) is 12.6. The maximum atomic E-state index is 12.4. The van der Waals surface area contributed by atoms with Gasteiger partial charge in [-0.05, 0) is 61.9 Å². The number of ether oxygens (including phenoxy) is 3. The maximum absolute atomic E-state index is 12.4. The van der Waals surface area contributed by atoms with Crippen LogP contribution in [0, 0.1) is 0 Å². The average molecular weight is 355 g/mol. The van der Waals surface area contributed by atoms with Crippen molar-refractivity contribution in [3.05, 3.63) is 66.2 Å². The second-order valence-electron chi connectivity index (χ2n) is 5.80. The minimum absolute atomic E-state index is 0.198. The van der Waals surface area contributed by atoms with E-state index in [0.717, 1.165) is 11.3 Å². The van der Waals surface area contributed by atoms with Crippen LogP contribution in [0.15, 0.2) is 60.7 Å². The summed E-state index contributed by atoms with van der Waals surface area (Å²) < 4.78 is 16.4.